The molecule has 0 heterocycles. The molecule has 67 heavy (non-hydrogen) atoms. The van der Waals surface area contributed by atoms with Gasteiger partial charge in [0.15, 0.2) is 0 Å². The van der Waals surface area contributed by atoms with Crippen LogP contribution in [0.3, 0.4) is 0 Å². The van der Waals surface area contributed by atoms with E-state index >= 15 is 0 Å². The highest BCUT2D eigenvalue weighted by atomic mass is 15.1. The fourth-order valence-electron chi connectivity index (χ4n) is 12.5. The van der Waals surface area contributed by atoms with Crippen molar-refractivity contribution in [3.05, 3.63) is 305 Å². The van der Waals surface area contributed by atoms with E-state index in [4.69, 9.17) is 0 Å². The van der Waals surface area contributed by atoms with Gasteiger partial charge in [-0.3, -0.25) is 0 Å². The van der Waals surface area contributed by atoms with E-state index in [2.05, 4.69) is 266 Å². The normalized spacial score (nSPS) is 13.9. The summed E-state index contributed by atoms with van der Waals surface area (Å²) in [6.07, 6.45) is 0. The van der Waals surface area contributed by atoms with Gasteiger partial charge in [0.2, 0.25) is 0 Å². The second kappa shape index (κ2) is 14.5. The molecule has 14 rings (SSSR count). The van der Waals surface area contributed by atoms with E-state index in [1.807, 2.05) is 0 Å². The van der Waals surface area contributed by atoms with Crippen LogP contribution >= 0.6 is 0 Å². The van der Waals surface area contributed by atoms with Gasteiger partial charge in [0.25, 0.3) is 0 Å². The number of nitrogens with zero attached hydrogens (tertiary/aromatic N) is 1. The maximum Gasteiger partial charge on any atom is 0.0726 e. The van der Waals surface area contributed by atoms with Crippen LogP contribution < -0.4 is 4.90 Å². The third-order valence-corrected chi connectivity index (χ3v) is 15.2. The van der Waals surface area contributed by atoms with E-state index in [-0.39, 0.29) is 0 Å². The quantitative estimate of drug-likeness (QED) is 0.161. The van der Waals surface area contributed by atoms with Crippen molar-refractivity contribution >= 4 is 27.8 Å². The maximum absolute atomic E-state index is 2.51. The summed E-state index contributed by atoms with van der Waals surface area (Å²) >= 11 is 0. The van der Waals surface area contributed by atoms with Gasteiger partial charge < -0.3 is 4.90 Å². The highest BCUT2D eigenvalue weighted by Gasteiger charge is 2.52. The van der Waals surface area contributed by atoms with E-state index in [0.717, 1.165) is 17.1 Å². The topological polar surface area (TPSA) is 3.24 Å². The Kier molecular flexibility index (Phi) is 8.18. The molecule has 0 bridgehead atoms. The van der Waals surface area contributed by atoms with Gasteiger partial charge in [0.05, 0.1) is 10.8 Å². The third-order valence-electron chi connectivity index (χ3n) is 15.2. The fraction of sp³-hybridized carbons (Fsp3) is 0.0303. The van der Waals surface area contributed by atoms with Gasteiger partial charge in [-0.05, 0) is 136 Å². The van der Waals surface area contributed by atoms with Crippen LogP contribution in [0, 0.1) is 0 Å². The van der Waals surface area contributed by atoms with E-state index in [1.165, 1.54) is 99.8 Å². The van der Waals surface area contributed by atoms with Crippen LogP contribution in [0.5, 0.6) is 0 Å². The summed E-state index contributed by atoms with van der Waals surface area (Å²) in [7, 11) is 0. The molecular weight excluding hydrogens is 807 g/mol. The molecule has 0 aliphatic heterocycles. The number of rotatable bonds is 6. The van der Waals surface area contributed by atoms with Crippen molar-refractivity contribution in [3.8, 4) is 44.5 Å². The number of fused-ring (bicyclic) bond motifs is 14. The van der Waals surface area contributed by atoms with Gasteiger partial charge in [0, 0.05) is 17.1 Å². The third kappa shape index (κ3) is 5.20. The molecule has 1 heteroatoms. The first-order chi connectivity index (χ1) is 33.2. The zero-order valence-electron chi connectivity index (χ0n) is 36.8. The van der Waals surface area contributed by atoms with Crippen LogP contribution in [0.25, 0.3) is 55.3 Å². The molecule has 0 saturated carbocycles. The number of hydrogen-bond acceptors (Lipinski definition) is 1. The molecule has 0 saturated heterocycles. The zero-order valence-corrected chi connectivity index (χ0v) is 36.8. The minimum absolute atomic E-state index is 0.464. The molecule has 0 radical (unpaired) electrons. The Morgan fingerprint density at radius 3 is 1.13 bits per heavy atom. The second-order valence-corrected chi connectivity index (χ2v) is 18.3. The predicted octanol–water partition coefficient (Wildman–Crippen LogP) is 16.7. The van der Waals surface area contributed by atoms with Crippen LogP contribution in [-0.2, 0) is 10.8 Å². The first kappa shape index (κ1) is 37.8. The molecule has 0 atom stereocenters. The lowest BCUT2D eigenvalue weighted by Crippen LogP contribution is -2.28. The summed E-state index contributed by atoms with van der Waals surface area (Å²) in [5, 5.41) is 2.50. The lowest BCUT2D eigenvalue weighted by molar-refractivity contribution is 0.768. The largest absolute Gasteiger partial charge is 0.310 e. The molecule has 0 aromatic heterocycles. The summed E-state index contributed by atoms with van der Waals surface area (Å²) in [5.74, 6) is 0. The van der Waals surface area contributed by atoms with Crippen LogP contribution in [-0.4, -0.2) is 0 Å². The molecule has 0 N–H and O–H groups in total. The monoisotopic (exact) mass is 849 g/mol. The highest BCUT2D eigenvalue weighted by Crippen LogP contribution is 2.64. The molecule has 1 spiro atoms. The summed E-state index contributed by atoms with van der Waals surface area (Å²) in [6.45, 7) is 0. The smallest absolute Gasteiger partial charge is 0.0726 e. The van der Waals surface area contributed by atoms with Crippen molar-refractivity contribution in [2.24, 2.45) is 0 Å². The van der Waals surface area contributed by atoms with E-state index in [1.54, 1.807) is 0 Å². The van der Waals surface area contributed by atoms with E-state index < -0.39 is 10.8 Å². The Bertz CT molecular complexity index is 3540. The van der Waals surface area contributed by atoms with Crippen molar-refractivity contribution in [2.75, 3.05) is 4.90 Å². The van der Waals surface area contributed by atoms with Gasteiger partial charge in [-0.15, -0.1) is 0 Å². The Hall–Kier alpha value is -8.52. The Balaban J connectivity index is 1.03. The van der Waals surface area contributed by atoms with Gasteiger partial charge in [0.1, 0.15) is 0 Å². The Labute approximate surface area is 391 Å². The predicted molar refractivity (Wildman–Crippen MR) is 278 cm³/mol. The fourth-order valence-corrected chi connectivity index (χ4v) is 12.5. The van der Waals surface area contributed by atoms with E-state index in [9.17, 15) is 0 Å². The molecule has 3 aliphatic carbocycles. The van der Waals surface area contributed by atoms with Crippen molar-refractivity contribution in [1.29, 1.82) is 0 Å². The summed E-state index contributed by atoms with van der Waals surface area (Å²) in [6, 6.07) is 97.6. The molecule has 1 nitrogen and oxygen atoms in total. The van der Waals surface area contributed by atoms with Gasteiger partial charge in [-0.1, -0.05) is 224 Å². The molecule has 0 fully saturated rings. The maximum atomic E-state index is 2.51. The molecule has 11 aromatic rings. The van der Waals surface area contributed by atoms with Crippen molar-refractivity contribution < 1.29 is 0 Å². The standard InChI is InChI=1S/C66H43N/c1-3-20-46(21-4-1)65(47-22-5-2-6-23-47)59-30-13-9-27-55(59)57-40-38-49(42-63(57)65)67(48-36-34-45(35-37-48)52-29-17-19-44-18-7-8-24-51(44)52)50-39-41-58-56-28-12-16-33-62(56)66(64(58)43-50)60-31-14-10-25-53(60)54-26-11-15-32-61(54)66/h1-43H. The van der Waals surface area contributed by atoms with Crippen molar-refractivity contribution in [3.63, 3.8) is 0 Å². The molecule has 3 aliphatic rings. The summed E-state index contributed by atoms with van der Waals surface area (Å²) in [4.78, 5) is 2.50. The molecule has 312 valence electrons. The van der Waals surface area contributed by atoms with Crippen molar-refractivity contribution in [2.45, 2.75) is 10.8 Å². The van der Waals surface area contributed by atoms with Gasteiger partial charge in [-0.25, -0.2) is 0 Å². The zero-order chi connectivity index (χ0) is 44.1. The lowest BCUT2D eigenvalue weighted by Gasteiger charge is -2.35. The summed E-state index contributed by atoms with van der Waals surface area (Å²) in [5.41, 5.74) is 22.9. The SMILES string of the molecule is c1ccc(C2(c3ccccc3)c3ccccc3-c3ccc(N(c4ccc(-c5cccc6ccccc56)cc4)c4ccc5c(c4)C4(c6ccccc6-c6ccccc64)c4ccccc4-5)cc32)cc1. The minimum Gasteiger partial charge on any atom is -0.310 e. The van der Waals surface area contributed by atoms with Gasteiger partial charge >= 0.3 is 0 Å². The van der Waals surface area contributed by atoms with Crippen LogP contribution in [0.4, 0.5) is 17.1 Å². The molecule has 0 unspecified atom stereocenters. The molecule has 0 amide bonds. The Morgan fingerprint density at radius 2 is 0.612 bits per heavy atom. The molecular formula is C66H43N. The number of benzene rings is 11. The Morgan fingerprint density at radius 1 is 0.239 bits per heavy atom. The van der Waals surface area contributed by atoms with Crippen LogP contribution in [0.15, 0.2) is 261 Å². The van der Waals surface area contributed by atoms with Gasteiger partial charge in [-0.2, -0.15) is 0 Å². The lowest BCUT2D eigenvalue weighted by atomic mass is 9.67. The number of anilines is 3. The first-order valence-corrected chi connectivity index (χ1v) is 23.4. The average molecular weight is 850 g/mol. The molecule has 11 aromatic carbocycles. The second-order valence-electron chi connectivity index (χ2n) is 18.3. The minimum atomic E-state index is -0.532. The van der Waals surface area contributed by atoms with Crippen LogP contribution in [0.2, 0.25) is 0 Å². The number of hydrogen-bond donors (Lipinski definition) is 0. The highest BCUT2D eigenvalue weighted by molar-refractivity contribution is 5.99. The van der Waals surface area contributed by atoms with Crippen LogP contribution in [0.1, 0.15) is 44.5 Å². The van der Waals surface area contributed by atoms with Crippen molar-refractivity contribution in [1.82, 2.24) is 0 Å². The first-order valence-electron chi connectivity index (χ1n) is 23.4. The average Bonchev–Trinajstić information content (AvgIpc) is 3.99. The summed E-state index contributed by atoms with van der Waals surface area (Å²) < 4.78 is 0. The van der Waals surface area contributed by atoms with E-state index in [0.29, 0.717) is 0 Å².